The fourth-order valence-corrected chi connectivity index (χ4v) is 2.19. The van der Waals surface area contributed by atoms with Crippen LogP contribution in [0.1, 0.15) is 66.2 Å². The van der Waals surface area contributed by atoms with Gasteiger partial charge in [0.1, 0.15) is 0 Å². The number of hydrogen-bond acceptors (Lipinski definition) is 3. The molecule has 3 heteroatoms. The highest BCUT2D eigenvalue weighted by molar-refractivity contribution is 4.82. The van der Waals surface area contributed by atoms with E-state index >= 15 is 0 Å². The van der Waals surface area contributed by atoms with Crippen molar-refractivity contribution in [2.24, 2.45) is 11.8 Å². The van der Waals surface area contributed by atoms with Gasteiger partial charge in [-0.1, -0.05) is 27.2 Å². The average Bonchev–Trinajstić information content (AvgIpc) is 2.17. The second kappa shape index (κ2) is 8.06. The molecule has 0 atom stereocenters. The molecule has 0 amide bonds. The van der Waals surface area contributed by atoms with E-state index in [1.54, 1.807) is 0 Å². The van der Waals surface area contributed by atoms with Crippen molar-refractivity contribution in [1.29, 1.82) is 0 Å². The predicted octanol–water partition coefficient (Wildman–Crippen LogP) is 2.68. The Morgan fingerprint density at radius 1 is 1.18 bits per heavy atom. The van der Waals surface area contributed by atoms with E-state index in [9.17, 15) is 5.11 Å². The number of aliphatic hydroxyl groups is 3. The smallest absolute Gasteiger partial charge is 0.151 e. The quantitative estimate of drug-likeness (QED) is 0.671. The van der Waals surface area contributed by atoms with Gasteiger partial charge in [-0.25, -0.2) is 0 Å². The van der Waals surface area contributed by atoms with E-state index in [0.717, 1.165) is 31.1 Å². The zero-order valence-corrected chi connectivity index (χ0v) is 11.8. The van der Waals surface area contributed by atoms with Crippen LogP contribution < -0.4 is 0 Å². The SMILES string of the molecule is CC(C)C1CCC(C)(O)CC1.CCCC(O)O. The van der Waals surface area contributed by atoms with Crippen molar-refractivity contribution in [2.45, 2.75) is 78.1 Å². The molecule has 0 heterocycles. The Morgan fingerprint density at radius 2 is 1.65 bits per heavy atom. The van der Waals surface area contributed by atoms with E-state index in [1.807, 2.05) is 13.8 Å². The summed E-state index contributed by atoms with van der Waals surface area (Å²) < 4.78 is 0. The molecule has 1 saturated carbocycles. The molecule has 0 aliphatic heterocycles. The van der Waals surface area contributed by atoms with Gasteiger partial charge in [0.05, 0.1) is 5.60 Å². The minimum atomic E-state index is -1.10. The lowest BCUT2D eigenvalue weighted by molar-refractivity contribution is -0.0453. The highest BCUT2D eigenvalue weighted by Crippen LogP contribution is 2.35. The number of aliphatic hydroxyl groups excluding tert-OH is 1. The minimum Gasteiger partial charge on any atom is -0.390 e. The van der Waals surface area contributed by atoms with Gasteiger partial charge in [-0.05, 0) is 50.9 Å². The summed E-state index contributed by atoms with van der Waals surface area (Å²) >= 11 is 0. The molecule has 1 aliphatic carbocycles. The van der Waals surface area contributed by atoms with Crippen LogP contribution in [0.15, 0.2) is 0 Å². The van der Waals surface area contributed by atoms with E-state index in [4.69, 9.17) is 10.2 Å². The van der Waals surface area contributed by atoms with Gasteiger partial charge < -0.3 is 15.3 Å². The maximum Gasteiger partial charge on any atom is 0.151 e. The lowest BCUT2D eigenvalue weighted by Crippen LogP contribution is -2.31. The van der Waals surface area contributed by atoms with Crippen LogP contribution in [0, 0.1) is 11.8 Å². The molecule has 0 spiro atoms. The molecule has 1 rings (SSSR count). The Morgan fingerprint density at radius 3 is 1.88 bits per heavy atom. The first-order valence-electron chi connectivity index (χ1n) is 6.87. The molecule has 0 aromatic rings. The summed E-state index contributed by atoms with van der Waals surface area (Å²) in [5.74, 6) is 1.65. The second-order valence-electron chi connectivity index (χ2n) is 5.85. The molecule has 0 bridgehead atoms. The standard InChI is InChI=1S/C10H20O.C4H10O2/c1-8(2)9-4-6-10(3,11)7-5-9;1-2-3-4(5)6/h8-9,11H,4-7H2,1-3H3;4-6H,2-3H2,1H3. The number of hydrogen-bond donors (Lipinski definition) is 3. The Kier molecular flexibility index (Phi) is 8.01. The van der Waals surface area contributed by atoms with Gasteiger partial charge in [-0.15, -0.1) is 0 Å². The largest absolute Gasteiger partial charge is 0.390 e. The summed E-state index contributed by atoms with van der Waals surface area (Å²) in [6, 6.07) is 0. The van der Waals surface area contributed by atoms with Crippen molar-refractivity contribution in [3.8, 4) is 0 Å². The predicted molar refractivity (Wildman–Crippen MR) is 70.6 cm³/mol. The molecular formula is C14H30O3. The molecule has 0 saturated heterocycles. The molecule has 0 unspecified atom stereocenters. The van der Waals surface area contributed by atoms with E-state index < -0.39 is 6.29 Å². The molecular weight excluding hydrogens is 216 g/mol. The van der Waals surface area contributed by atoms with E-state index in [0.29, 0.717) is 6.42 Å². The highest BCUT2D eigenvalue weighted by atomic mass is 16.5. The van der Waals surface area contributed by atoms with Crippen molar-refractivity contribution >= 4 is 0 Å². The molecule has 3 nitrogen and oxygen atoms in total. The van der Waals surface area contributed by atoms with Crippen molar-refractivity contribution in [3.05, 3.63) is 0 Å². The first-order chi connectivity index (χ1) is 7.78. The lowest BCUT2D eigenvalue weighted by atomic mass is 9.75. The third-order valence-corrected chi connectivity index (χ3v) is 3.60. The highest BCUT2D eigenvalue weighted by Gasteiger charge is 2.29. The maximum absolute atomic E-state index is 9.67. The number of rotatable bonds is 3. The summed E-state index contributed by atoms with van der Waals surface area (Å²) in [5.41, 5.74) is -0.356. The lowest BCUT2D eigenvalue weighted by Gasteiger charge is -2.34. The van der Waals surface area contributed by atoms with Crippen LogP contribution in [0.3, 0.4) is 0 Å². The fourth-order valence-electron chi connectivity index (χ4n) is 2.19. The molecule has 0 aromatic heterocycles. The summed E-state index contributed by atoms with van der Waals surface area (Å²) in [7, 11) is 0. The van der Waals surface area contributed by atoms with Crippen molar-refractivity contribution < 1.29 is 15.3 Å². The van der Waals surface area contributed by atoms with Crippen LogP contribution in [-0.4, -0.2) is 27.2 Å². The van der Waals surface area contributed by atoms with E-state index in [1.165, 1.54) is 12.8 Å². The van der Waals surface area contributed by atoms with Crippen LogP contribution in [0.25, 0.3) is 0 Å². The Balaban J connectivity index is 0.000000366. The summed E-state index contributed by atoms with van der Waals surface area (Å²) in [6.45, 7) is 8.43. The Labute approximate surface area is 106 Å². The van der Waals surface area contributed by atoms with Gasteiger partial charge in [0.15, 0.2) is 6.29 Å². The normalized spacial score (nSPS) is 29.1. The van der Waals surface area contributed by atoms with Crippen molar-refractivity contribution in [1.82, 2.24) is 0 Å². The van der Waals surface area contributed by atoms with Crippen LogP contribution in [0.5, 0.6) is 0 Å². The topological polar surface area (TPSA) is 60.7 Å². The van der Waals surface area contributed by atoms with Gasteiger partial charge in [0, 0.05) is 0 Å². The summed E-state index contributed by atoms with van der Waals surface area (Å²) in [4.78, 5) is 0. The van der Waals surface area contributed by atoms with E-state index in [-0.39, 0.29) is 5.60 Å². The van der Waals surface area contributed by atoms with Gasteiger partial charge in [0.25, 0.3) is 0 Å². The molecule has 104 valence electrons. The van der Waals surface area contributed by atoms with Gasteiger partial charge in [-0.2, -0.15) is 0 Å². The second-order valence-corrected chi connectivity index (χ2v) is 5.85. The Hall–Kier alpha value is -0.120. The summed E-state index contributed by atoms with van der Waals surface area (Å²) in [5, 5.41) is 25.9. The van der Waals surface area contributed by atoms with Crippen molar-refractivity contribution in [2.75, 3.05) is 0 Å². The third-order valence-electron chi connectivity index (χ3n) is 3.60. The molecule has 17 heavy (non-hydrogen) atoms. The molecule has 0 radical (unpaired) electrons. The Bertz CT molecular complexity index is 178. The third kappa shape index (κ3) is 8.58. The van der Waals surface area contributed by atoms with Crippen LogP contribution >= 0.6 is 0 Å². The maximum atomic E-state index is 9.67. The molecule has 1 fully saturated rings. The summed E-state index contributed by atoms with van der Waals surface area (Å²) in [6.07, 6.45) is 4.63. The van der Waals surface area contributed by atoms with E-state index in [2.05, 4.69) is 13.8 Å². The molecule has 3 N–H and O–H groups in total. The van der Waals surface area contributed by atoms with Gasteiger partial charge in [0.2, 0.25) is 0 Å². The van der Waals surface area contributed by atoms with Crippen LogP contribution in [0.4, 0.5) is 0 Å². The van der Waals surface area contributed by atoms with Crippen molar-refractivity contribution in [3.63, 3.8) is 0 Å². The van der Waals surface area contributed by atoms with Crippen LogP contribution in [-0.2, 0) is 0 Å². The molecule has 1 aliphatic rings. The zero-order valence-electron chi connectivity index (χ0n) is 11.8. The fraction of sp³-hybridized carbons (Fsp3) is 1.00. The zero-order chi connectivity index (χ0) is 13.5. The minimum absolute atomic E-state index is 0.356. The first-order valence-corrected chi connectivity index (χ1v) is 6.87. The van der Waals surface area contributed by atoms with Crippen LogP contribution in [0.2, 0.25) is 0 Å². The van der Waals surface area contributed by atoms with Gasteiger partial charge in [-0.3, -0.25) is 0 Å². The monoisotopic (exact) mass is 246 g/mol. The van der Waals surface area contributed by atoms with Gasteiger partial charge >= 0.3 is 0 Å². The first kappa shape index (κ1) is 16.9. The molecule has 0 aromatic carbocycles. The average molecular weight is 246 g/mol.